The van der Waals surface area contributed by atoms with Crippen LogP contribution < -0.4 is 9.33 Å². The molecule has 0 aromatic heterocycles. The lowest BCUT2D eigenvalue weighted by molar-refractivity contribution is 0.197. The molecular weight excluding hydrogens is 543 g/mol. The summed E-state index contributed by atoms with van der Waals surface area (Å²) in [5.41, 5.74) is 2.26. The number of benzene rings is 2. The van der Waals surface area contributed by atoms with Crippen molar-refractivity contribution in [2.75, 3.05) is 18.1 Å². The lowest BCUT2D eigenvalue weighted by Gasteiger charge is -2.42. The zero-order valence-electron chi connectivity index (χ0n) is 28.4. The van der Waals surface area contributed by atoms with Gasteiger partial charge in [-0.1, -0.05) is 80.5 Å². The van der Waals surface area contributed by atoms with Gasteiger partial charge in [-0.05, 0) is 90.8 Å². The van der Waals surface area contributed by atoms with Crippen molar-refractivity contribution < 1.29 is 13.3 Å². The molecule has 2 aromatic carbocycles. The van der Waals surface area contributed by atoms with Crippen LogP contribution in [0.5, 0.6) is 5.75 Å². The predicted molar refractivity (Wildman–Crippen MR) is 183 cm³/mol. The van der Waals surface area contributed by atoms with Crippen molar-refractivity contribution in [3.8, 4) is 5.75 Å². The Labute approximate surface area is 250 Å². The second-order valence-electron chi connectivity index (χ2n) is 15.9. The third kappa shape index (κ3) is 8.81. The molecule has 0 heterocycles. The predicted octanol–water partition coefficient (Wildman–Crippen LogP) is 10.6. The fraction of sp³-hybridized carbons (Fsp3) is 0.636. The van der Waals surface area contributed by atoms with E-state index in [0.717, 1.165) is 17.1 Å². The zero-order chi connectivity index (χ0) is 30.8. The maximum Gasteiger partial charge on any atom is 0.250 e. The van der Waals surface area contributed by atoms with Crippen LogP contribution in [0.25, 0.3) is 0 Å². The highest BCUT2D eigenvalue weighted by molar-refractivity contribution is 6.75. The first kappa shape index (κ1) is 34.8. The number of nitrogens with zero attached hydrogens (tertiary/aromatic N) is 1. The van der Waals surface area contributed by atoms with Crippen molar-refractivity contribution in [3.05, 3.63) is 54.6 Å². The van der Waals surface area contributed by atoms with Crippen LogP contribution in [0.4, 0.5) is 11.4 Å². The minimum absolute atomic E-state index is 0.0257. The molecule has 0 radical (unpaired) electrons. The first-order valence-corrected chi connectivity index (χ1v) is 23.6. The van der Waals surface area contributed by atoms with Gasteiger partial charge in [0.1, 0.15) is 5.75 Å². The molecule has 0 saturated heterocycles. The molecule has 0 N–H and O–H groups in total. The van der Waals surface area contributed by atoms with Crippen molar-refractivity contribution >= 4 is 36.3 Å². The van der Waals surface area contributed by atoms with Gasteiger partial charge in [-0.2, -0.15) is 0 Å². The van der Waals surface area contributed by atoms with Crippen LogP contribution in [0.1, 0.15) is 62.3 Å². The summed E-state index contributed by atoms with van der Waals surface area (Å²) in [4.78, 5) is 2.41. The smallest absolute Gasteiger partial charge is 0.250 e. The Hall–Kier alpha value is -1.39. The summed E-state index contributed by atoms with van der Waals surface area (Å²) in [6.45, 7) is 35.8. The lowest BCUT2D eigenvalue weighted by Crippen LogP contribution is -2.49. The molecule has 0 unspecified atom stereocenters. The van der Waals surface area contributed by atoms with E-state index in [2.05, 4.69) is 161 Å². The summed E-state index contributed by atoms with van der Waals surface area (Å²) in [5.74, 6) is 0.940. The van der Waals surface area contributed by atoms with Gasteiger partial charge in [-0.25, -0.2) is 0 Å². The lowest BCUT2D eigenvalue weighted by atomic mass is 10.1. The van der Waals surface area contributed by atoms with Gasteiger partial charge < -0.3 is 18.2 Å². The molecule has 0 aliphatic rings. The molecule has 0 atom stereocenters. The van der Waals surface area contributed by atoms with Crippen LogP contribution in [-0.4, -0.2) is 44.2 Å². The number of rotatable bonds is 11. The van der Waals surface area contributed by atoms with Gasteiger partial charge in [-0.15, -0.1) is 0 Å². The summed E-state index contributed by atoms with van der Waals surface area (Å²) in [6, 6.07) is 19.3. The van der Waals surface area contributed by atoms with Crippen LogP contribution in [-0.2, 0) is 8.85 Å². The Kier molecular flexibility index (Phi) is 10.8. The molecule has 0 saturated carbocycles. The van der Waals surface area contributed by atoms with E-state index in [9.17, 15) is 0 Å². The van der Waals surface area contributed by atoms with E-state index in [1.165, 1.54) is 0 Å². The first-order chi connectivity index (χ1) is 18.0. The number of anilines is 2. The zero-order valence-corrected chi connectivity index (χ0v) is 31.4. The monoisotopic (exact) mass is 601 g/mol. The van der Waals surface area contributed by atoms with Crippen molar-refractivity contribution in [2.45, 2.75) is 123 Å². The average Bonchev–Trinajstić information content (AvgIpc) is 2.80. The van der Waals surface area contributed by atoms with Gasteiger partial charge in [0.2, 0.25) is 8.32 Å². The van der Waals surface area contributed by atoms with E-state index in [4.69, 9.17) is 13.3 Å². The molecule has 0 amide bonds. The second kappa shape index (κ2) is 12.5. The maximum atomic E-state index is 6.87. The van der Waals surface area contributed by atoms with Gasteiger partial charge >= 0.3 is 0 Å². The molecule has 226 valence electrons. The summed E-state index contributed by atoms with van der Waals surface area (Å²) in [6.07, 6.45) is 0. The van der Waals surface area contributed by atoms with Gasteiger partial charge in [0.25, 0.3) is 0 Å². The molecule has 2 rings (SSSR count). The highest BCUT2D eigenvalue weighted by atomic mass is 28.4. The number of hydrogen-bond acceptors (Lipinski definition) is 4. The van der Waals surface area contributed by atoms with Gasteiger partial charge in [0.15, 0.2) is 16.6 Å². The Bertz CT molecular complexity index is 1030. The van der Waals surface area contributed by atoms with E-state index in [1.807, 2.05) is 0 Å². The summed E-state index contributed by atoms with van der Waals surface area (Å²) in [5, 5.41) is 0.422. The summed E-state index contributed by atoms with van der Waals surface area (Å²) >= 11 is 0. The highest BCUT2D eigenvalue weighted by Gasteiger charge is 2.41. The third-order valence-electron chi connectivity index (χ3n) is 9.58. The van der Waals surface area contributed by atoms with E-state index in [0.29, 0.717) is 13.2 Å². The molecule has 4 nitrogen and oxygen atoms in total. The molecule has 40 heavy (non-hydrogen) atoms. The van der Waals surface area contributed by atoms with Crippen LogP contribution in [0, 0.1) is 0 Å². The number of hydrogen-bond donors (Lipinski definition) is 0. The van der Waals surface area contributed by atoms with Crippen molar-refractivity contribution in [1.29, 1.82) is 0 Å². The van der Waals surface area contributed by atoms with E-state index < -0.39 is 25.0 Å². The fourth-order valence-corrected chi connectivity index (χ4v) is 6.64. The fourth-order valence-electron chi connectivity index (χ4n) is 3.52. The molecule has 7 heteroatoms. The third-order valence-corrected chi connectivity index (χ3v) is 22.9. The molecule has 0 fully saturated rings. The van der Waals surface area contributed by atoms with Gasteiger partial charge in [-0.3, -0.25) is 0 Å². The molecule has 0 aliphatic heterocycles. The highest BCUT2D eigenvalue weighted by Crippen LogP contribution is 2.41. The van der Waals surface area contributed by atoms with Crippen LogP contribution in [0.15, 0.2) is 54.6 Å². The number of para-hydroxylation sites is 1. The van der Waals surface area contributed by atoms with E-state index in [1.54, 1.807) is 0 Å². The Morgan fingerprint density at radius 2 is 0.925 bits per heavy atom. The largest absolute Gasteiger partial charge is 0.544 e. The van der Waals surface area contributed by atoms with Crippen LogP contribution >= 0.6 is 0 Å². The van der Waals surface area contributed by atoms with Gasteiger partial charge in [0, 0.05) is 11.4 Å². The molecule has 2 aromatic rings. The Balaban J connectivity index is 2.52. The van der Waals surface area contributed by atoms with Gasteiger partial charge in [0.05, 0.1) is 19.3 Å². The standard InChI is InChI=1S/C33H59NO3Si3/c1-31(2,3)38(10,11)35-25-29(26-36-39(12,13)32(4,5)6)34(27-19-17-16-18-20-27)28-21-23-30(24-22-28)37-40(14,15)33(7,8)9/h16-24,29H,25-26H2,1-15H3. The Morgan fingerprint density at radius 1 is 0.550 bits per heavy atom. The molecule has 0 aliphatic carbocycles. The minimum atomic E-state index is -1.97. The summed E-state index contributed by atoms with van der Waals surface area (Å²) in [7, 11) is -5.86. The topological polar surface area (TPSA) is 30.9 Å². The first-order valence-electron chi connectivity index (χ1n) is 14.9. The molecule has 0 bridgehead atoms. The van der Waals surface area contributed by atoms with Crippen molar-refractivity contribution in [2.24, 2.45) is 0 Å². The molecule has 0 spiro atoms. The maximum absolute atomic E-state index is 6.87. The van der Waals surface area contributed by atoms with Crippen LogP contribution in [0.3, 0.4) is 0 Å². The average molecular weight is 602 g/mol. The SMILES string of the molecule is CC(C)(C)[Si](C)(C)OCC(CO[Si](C)(C)C(C)(C)C)N(c1ccccc1)c1ccc(O[Si](C)(C)C(C)(C)C)cc1. The van der Waals surface area contributed by atoms with E-state index in [-0.39, 0.29) is 21.2 Å². The van der Waals surface area contributed by atoms with Crippen LogP contribution in [0.2, 0.25) is 54.4 Å². The Morgan fingerprint density at radius 3 is 1.30 bits per heavy atom. The minimum Gasteiger partial charge on any atom is -0.544 e. The normalized spacial score (nSPS) is 14.0. The van der Waals surface area contributed by atoms with Crippen molar-refractivity contribution in [1.82, 2.24) is 0 Å². The second-order valence-corrected chi connectivity index (χ2v) is 30.2. The van der Waals surface area contributed by atoms with E-state index >= 15 is 0 Å². The van der Waals surface area contributed by atoms with Crippen molar-refractivity contribution in [3.63, 3.8) is 0 Å². The molecular formula is C33H59NO3Si3. The summed E-state index contributed by atoms with van der Waals surface area (Å²) < 4.78 is 20.4. The quantitative estimate of drug-likeness (QED) is 0.240.